The van der Waals surface area contributed by atoms with Gasteiger partial charge in [0.1, 0.15) is 48.8 Å². The van der Waals surface area contributed by atoms with E-state index in [-0.39, 0.29) is 18.9 Å². The van der Waals surface area contributed by atoms with Crippen molar-refractivity contribution in [3.05, 3.63) is 12.2 Å². The predicted molar refractivity (Wildman–Crippen MR) is 392 cm³/mol. The number of allylic oxidation sites excluding steroid dienone is 1. The normalized spacial score (nSPS) is 22.3. The largest absolute Gasteiger partial charge is 0.394 e. The average molecular weight is 1350 g/mol. The SMILES string of the molecule is CCCCCCCCCCCCCCCCCCCCCCC/C=C/C(O)C(COC1OC(CO)C(OC2OC(CO)C(O)C(O)C2O)C(O)C1O)NC(=O)CCCCCCCCCCCCCCCCCCCCCCCCCCCCCCCCCCCCCCCC. The van der Waals surface area contributed by atoms with Crippen LogP contribution in [-0.4, -0.2) is 140 Å². The van der Waals surface area contributed by atoms with Crippen LogP contribution in [0.2, 0.25) is 0 Å². The number of rotatable bonds is 71. The van der Waals surface area contributed by atoms with Gasteiger partial charge in [-0.15, -0.1) is 0 Å². The Labute approximate surface area is 584 Å². The molecule has 0 aliphatic carbocycles. The first-order valence-corrected chi connectivity index (χ1v) is 41.4. The zero-order valence-corrected chi connectivity index (χ0v) is 62.0. The second-order valence-electron chi connectivity index (χ2n) is 29.6. The van der Waals surface area contributed by atoms with Crippen molar-refractivity contribution < 1.29 is 64.6 Å². The van der Waals surface area contributed by atoms with Crippen LogP contribution in [0.15, 0.2) is 12.2 Å². The molecule has 14 heteroatoms. The van der Waals surface area contributed by atoms with Gasteiger partial charge in [0, 0.05) is 6.42 Å². The van der Waals surface area contributed by atoms with Crippen molar-refractivity contribution in [1.82, 2.24) is 5.32 Å². The summed E-state index contributed by atoms with van der Waals surface area (Å²) in [6.45, 7) is 2.88. The minimum atomic E-state index is -1.79. The maximum atomic E-state index is 13.4. The van der Waals surface area contributed by atoms with E-state index in [1.54, 1.807) is 6.08 Å². The van der Waals surface area contributed by atoms with E-state index >= 15 is 0 Å². The van der Waals surface area contributed by atoms with E-state index in [1.807, 2.05) is 6.08 Å². The van der Waals surface area contributed by atoms with Gasteiger partial charge in [-0.25, -0.2) is 0 Å². The Balaban J connectivity index is 1.57. The van der Waals surface area contributed by atoms with E-state index in [9.17, 15) is 45.6 Å². The van der Waals surface area contributed by atoms with Gasteiger partial charge < -0.3 is 65.1 Å². The lowest BCUT2D eigenvalue weighted by molar-refractivity contribution is -0.359. The first-order valence-electron chi connectivity index (χ1n) is 41.4. The molecule has 2 aliphatic heterocycles. The monoisotopic (exact) mass is 1350 g/mol. The van der Waals surface area contributed by atoms with Gasteiger partial charge in [-0.05, 0) is 19.3 Å². The number of amides is 1. The van der Waals surface area contributed by atoms with Crippen molar-refractivity contribution in [1.29, 1.82) is 0 Å². The molecule has 0 aromatic rings. The fraction of sp³-hybridized carbons (Fsp3) is 0.963. The van der Waals surface area contributed by atoms with Crippen LogP contribution in [0, 0.1) is 0 Å². The highest BCUT2D eigenvalue weighted by molar-refractivity contribution is 5.76. The lowest BCUT2D eigenvalue weighted by Gasteiger charge is -2.46. The molecule has 1 amide bonds. The molecule has 0 saturated carbocycles. The Bertz CT molecular complexity index is 1640. The van der Waals surface area contributed by atoms with E-state index in [4.69, 9.17) is 18.9 Å². The highest BCUT2D eigenvalue weighted by Crippen LogP contribution is 2.30. The van der Waals surface area contributed by atoms with E-state index in [0.29, 0.717) is 0 Å². The van der Waals surface area contributed by atoms with Crippen molar-refractivity contribution >= 4 is 5.91 Å². The molecule has 2 rings (SSSR count). The number of nitrogens with one attached hydrogen (secondary N) is 1. The van der Waals surface area contributed by atoms with E-state index < -0.39 is 86.8 Å². The topological polar surface area (TPSA) is 228 Å². The average Bonchev–Trinajstić information content (AvgIpc) is 1.22. The Kier molecular flexibility index (Phi) is 62.4. The molecule has 0 radical (unpaired) electrons. The van der Waals surface area contributed by atoms with Gasteiger partial charge >= 0.3 is 0 Å². The summed E-state index contributed by atoms with van der Waals surface area (Å²) in [7, 11) is 0. The van der Waals surface area contributed by atoms with E-state index in [1.165, 1.54) is 340 Å². The lowest BCUT2D eigenvalue weighted by atomic mass is 9.97. The van der Waals surface area contributed by atoms with Crippen molar-refractivity contribution in [2.45, 2.75) is 479 Å². The van der Waals surface area contributed by atoms with Gasteiger partial charge in [0.25, 0.3) is 0 Å². The number of carbonyl (C=O) groups is 1. The van der Waals surface area contributed by atoms with Gasteiger partial charge in [0.05, 0.1) is 32.0 Å². The first kappa shape index (κ1) is 89.8. The lowest BCUT2D eigenvalue weighted by Crippen LogP contribution is -2.65. The molecule has 95 heavy (non-hydrogen) atoms. The smallest absolute Gasteiger partial charge is 0.220 e. The molecule has 12 atom stereocenters. The molecular formula is C81H157NO13. The summed E-state index contributed by atoms with van der Waals surface area (Å²) >= 11 is 0. The molecule has 564 valence electrons. The number of ether oxygens (including phenoxy) is 4. The third kappa shape index (κ3) is 49.1. The number of hydrogen-bond acceptors (Lipinski definition) is 13. The summed E-state index contributed by atoms with van der Waals surface area (Å²) in [6.07, 6.45) is 67.5. The predicted octanol–water partition coefficient (Wildman–Crippen LogP) is 18.9. The Hall–Kier alpha value is -1.27. The molecule has 2 heterocycles. The third-order valence-corrected chi connectivity index (χ3v) is 20.7. The zero-order chi connectivity index (χ0) is 68.7. The number of aliphatic hydroxyl groups excluding tert-OH is 8. The fourth-order valence-corrected chi connectivity index (χ4v) is 14.2. The highest BCUT2D eigenvalue weighted by Gasteiger charge is 2.51. The maximum Gasteiger partial charge on any atom is 0.220 e. The highest BCUT2D eigenvalue weighted by atomic mass is 16.7. The third-order valence-electron chi connectivity index (χ3n) is 20.7. The second kappa shape index (κ2) is 66.0. The maximum absolute atomic E-state index is 13.4. The number of hydrogen-bond donors (Lipinski definition) is 9. The van der Waals surface area contributed by atoms with Crippen LogP contribution in [0.1, 0.15) is 406 Å². The summed E-state index contributed by atoms with van der Waals surface area (Å²) in [5.41, 5.74) is 0. The van der Waals surface area contributed by atoms with Crippen LogP contribution in [0.4, 0.5) is 0 Å². The Morgan fingerprint density at radius 1 is 0.368 bits per heavy atom. The molecule has 0 bridgehead atoms. The van der Waals surface area contributed by atoms with Gasteiger partial charge in [-0.1, -0.05) is 392 Å². The summed E-state index contributed by atoms with van der Waals surface area (Å²) in [5, 5.41) is 87.7. The Morgan fingerprint density at radius 2 is 0.653 bits per heavy atom. The minimum absolute atomic E-state index is 0.229. The molecule has 2 saturated heterocycles. The van der Waals surface area contributed by atoms with Crippen LogP contribution in [0.25, 0.3) is 0 Å². The molecule has 12 unspecified atom stereocenters. The molecule has 9 N–H and O–H groups in total. The number of aliphatic hydroxyl groups is 8. The first-order chi connectivity index (χ1) is 46.6. The van der Waals surface area contributed by atoms with Crippen LogP contribution < -0.4 is 5.32 Å². The van der Waals surface area contributed by atoms with Crippen LogP contribution in [0.3, 0.4) is 0 Å². The quantitative estimate of drug-likeness (QED) is 0.0204. The molecular weight excluding hydrogens is 1190 g/mol. The van der Waals surface area contributed by atoms with E-state index in [2.05, 4.69) is 19.2 Å². The van der Waals surface area contributed by atoms with Gasteiger partial charge in [0.2, 0.25) is 5.91 Å². The number of unbranched alkanes of at least 4 members (excludes halogenated alkanes) is 58. The van der Waals surface area contributed by atoms with Crippen molar-refractivity contribution in [2.75, 3.05) is 19.8 Å². The van der Waals surface area contributed by atoms with Gasteiger partial charge in [-0.2, -0.15) is 0 Å². The van der Waals surface area contributed by atoms with Crippen LogP contribution in [-0.2, 0) is 23.7 Å². The van der Waals surface area contributed by atoms with Crippen molar-refractivity contribution in [3.8, 4) is 0 Å². The summed E-state index contributed by atoms with van der Waals surface area (Å²) in [6, 6.07) is -0.912. The molecule has 14 nitrogen and oxygen atoms in total. The van der Waals surface area contributed by atoms with Crippen LogP contribution in [0.5, 0.6) is 0 Å². The van der Waals surface area contributed by atoms with Crippen molar-refractivity contribution in [2.24, 2.45) is 0 Å². The van der Waals surface area contributed by atoms with Gasteiger partial charge in [-0.3, -0.25) is 4.79 Å². The zero-order valence-electron chi connectivity index (χ0n) is 62.0. The molecule has 2 aliphatic rings. The molecule has 0 spiro atoms. The van der Waals surface area contributed by atoms with E-state index in [0.717, 1.165) is 44.9 Å². The summed E-state index contributed by atoms with van der Waals surface area (Å²) < 4.78 is 22.9. The molecule has 0 aromatic carbocycles. The number of carbonyl (C=O) groups excluding carboxylic acids is 1. The Morgan fingerprint density at radius 3 is 0.968 bits per heavy atom. The minimum Gasteiger partial charge on any atom is -0.394 e. The standard InChI is InChI=1S/C81H157NO13/c1-3-5-7-9-11-13-15-17-19-21-23-25-27-28-29-30-31-32-33-34-35-36-37-38-39-40-41-43-45-47-49-51-53-55-57-59-61-63-65-73(86)82-69(68-92-80-78(91)76(89)79(72(67-84)94-80)95-81-77(90)75(88)74(87)71(66-83)93-81)70(85)64-62-60-58-56-54-52-50-48-46-44-42-26-24-22-20-18-16-14-12-10-8-6-4-2/h62,64,69-72,74-81,83-85,87-91H,3-61,63,65-68H2,1-2H3,(H,82,86)/b64-62+. The fourth-order valence-electron chi connectivity index (χ4n) is 14.2. The summed E-state index contributed by atoms with van der Waals surface area (Å²) in [5.74, 6) is -0.229. The summed E-state index contributed by atoms with van der Waals surface area (Å²) in [4.78, 5) is 13.4. The molecule has 2 fully saturated rings. The van der Waals surface area contributed by atoms with Crippen molar-refractivity contribution in [3.63, 3.8) is 0 Å². The molecule has 0 aromatic heterocycles. The van der Waals surface area contributed by atoms with Gasteiger partial charge in [0.15, 0.2) is 12.6 Å². The second-order valence-corrected chi connectivity index (χ2v) is 29.6. The van der Waals surface area contributed by atoms with Crippen LogP contribution >= 0.6 is 0 Å².